The van der Waals surface area contributed by atoms with Gasteiger partial charge in [-0.25, -0.2) is 4.99 Å². The van der Waals surface area contributed by atoms with Gasteiger partial charge in [0.15, 0.2) is 16.7 Å². The van der Waals surface area contributed by atoms with Crippen molar-refractivity contribution < 1.29 is 32.4 Å². The van der Waals surface area contributed by atoms with E-state index in [0.29, 0.717) is 33.1 Å². The van der Waals surface area contributed by atoms with Gasteiger partial charge < -0.3 is 9.47 Å². The third-order valence-corrected chi connectivity index (χ3v) is 6.96. The van der Waals surface area contributed by atoms with Crippen molar-refractivity contribution in [1.82, 2.24) is 0 Å². The molecule has 0 aromatic heterocycles. The van der Waals surface area contributed by atoms with E-state index in [1.807, 2.05) is 48.5 Å². The average molecular weight is 592 g/mol. The summed E-state index contributed by atoms with van der Waals surface area (Å²) in [6, 6.07) is 24.9. The second kappa shape index (κ2) is 11.8. The minimum absolute atomic E-state index is 0.0540. The van der Waals surface area contributed by atoms with E-state index in [-0.39, 0.29) is 17.4 Å². The van der Waals surface area contributed by atoms with E-state index in [1.54, 1.807) is 24.3 Å². The molecule has 0 unspecified atom stereocenters. The van der Waals surface area contributed by atoms with Gasteiger partial charge in [-0.1, -0.05) is 42.5 Å². The molecule has 0 aliphatic carbocycles. The summed E-state index contributed by atoms with van der Waals surface area (Å²) in [5.74, 6) is -0.897. The fourth-order valence-corrected chi connectivity index (χ4v) is 5.04. The molecule has 4 aromatic rings. The zero-order chi connectivity index (χ0) is 29.9. The van der Waals surface area contributed by atoms with Crippen LogP contribution in [0.1, 0.15) is 11.1 Å². The summed E-state index contributed by atoms with van der Waals surface area (Å²) in [5.41, 5.74) is -0.199. The highest BCUT2D eigenvalue weighted by molar-refractivity contribution is 8.19. The van der Waals surface area contributed by atoms with Crippen molar-refractivity contribution in [2.24, 2.45) is 4.99 Å². The number of carbonyl (C=O) groups is 1. The first-order chi connectivity index (χ1) is 20.1. The van der Waals surface area contributed by atoms with Crippen LogP contribution in [0.15, 0.2) is 107 Å². The lowest BCUT2D eigenvalue weighted by Gasteiger charge is -2.16. The first-order valence-electron chi connectivity index (χ1n) is 12.3. The number of nitro groups is 1. The number of halogens is 3. The Morgan fingerprint density at radius 1 is 0.905 bits per heavy atom. The number of benzene rings is 4. The number of alkyl halides is 3. The molecule has 4 aromatic carbocycles. The normalized spacial score (nSPS) is 15.3. The van der Waals surface area contributed by atoms with E-state index in [9.17, 15) is 28.1 Å². The van der Waals surface area contributed by atoms with E-state index >= 15 is 0 Å². The lowest BCUT2D eigenvalue weighted by atomic mass is 10.1. The Bertz CT molecular complexity index is 1710. The van der Waals surface area contributed by atoms with Gasteiger partial charge in [-0.3, -0.25) is 19.8 Å². The first kappa shape index (κ1) is 28.4. The smallest absolute Gasteiger partial charge is 0.420 e. The van der Waals surface area contributed by atoms with Crippen LogP contribution in [-0.4, -0.2) is 23.1 Å². The topological polar surface area (TPSA) is 94.3 Å². The quantitative estimate of drug-likeness (QED) is 0.122. The highest BCUT2D eigenvalue weighted by Crippen LogP contribution is 2.43. The summed E-state index contributed by atoms with van der Waals surface area (Å²) in [4.78, 5) is 30.1. The van der Waals surface area contributed by atoms with Gasteiger partial charge in [0.1, 0.15) is 11.3 Å². The zero-order valence-electron chi connectivity index (χ0n) is 21.7. The molecule has 0 bridgehead atoms. The van der Waals surface area contributed by atoms with Crippen LogP contribution in [0.2, 0.25) is 0 Å². The molecule has 42 heavy (non-hydrogen) atoms. The number of thioether (sulfide) groups is 1. The lowest BCUT2D eigenvalue weighted by molar-refractivity contribution is -0.385. The Morgan fingerprint density at radius 2 is 1.57 bits per heavy atom. The SMILES string of the molecule is COc1cc(/C=C2\SC(=Nc3ccccc3)N(c3ccccc3)C2=O)ccc1Oc1ccc([N+](=O)[O-])cc1C(F)(F)F. The number of nitro benzene ring substituents is 1. The summed E-state index contributed by atoms with van der Waals surface area (Å²) >= 11 is 1.18. The molecule has 1 aliphatic heterocycles. The Labute approximate surface area is 241 Å². The monoisotopic (exact) mass is 591 g/mol. The number of hydrogen-bond donors (Lipinski definition) is 0. The van der Waals surface area contributed by atoms with E-state index in [1.165, 1.54) is 35.9 Å². The van der Waals surface area contributed by atoms with Crippen molar-refractivity contribution in [2.45, 2.75) is 6.18 Å². The second-order valence-corrected chi connectivity index (χ2v) is 9.77. The van der Waals surface area contributed by atoms with Crippen molar-refractivity contribution in [3.05, 3.63) is 123 Å². The number of para-hydroxylation sites is 2. The van der Waals surface area contributed by atoms with Crippen LogP contribution < -0.4 is 14.4 Å². The van der Waals surface area contributed by atoms with Gasteiger partial charge in [-0.15, -0.1) is 0 Å². The molecular weight excluding hydrogens is 571 g/mol. The van der Waals surface area contributed by atoms with Crippen molar-refractivity contribution in [3.8, 4) is 17.2 Å². The molecule has 0 atom stereocenters. The molecule has 5 rings (SSSR count). The Morgan fingerprint density at radius 3 is 2.21 bits per heavy atom. The summed E-state index contributed by atoms with van der Waals surface area (Å²) < 4.78 is 51.8. The largest absolute Gasteiger partial charge is 0.493 e. The maximum atomic E-state index is 13.6. The fraction of sp³-hybridized carbons (Fsp3) is 0.0667. The van der Waals surface area contributed by atoms with Crippen LogP contribution in [0.25, 0.3) is 6.08 Å². The number of ether oxygens (including phenoxy) is 2. The van der Waals surface area contributed by atoms with Gasteiger partial charge in [-0.05, 0) is 65.9 Å². The van der Waals surface area contributed by atoms with Gasteiger partial charge in [0.05, 0.1) is 28.3 Å². The number of hydrogen-bond acceptors (Lipinski definition) is 7. The molecule has 1 saturated heterocycles. The number of amides is 1. The van der Waals surface area contributed by atoms with Crippen molar-refractivity contribution in [2.75, 3.05) is 12.0 Å². The summed E-state index contributed by atoms with van der Waals surface area (Å²) in [7, 11) is 1.32. The lowest BCUT2D eigenvalue weighted by Crippen LogP contribution is -2.28. The third kappa shape index (κ3) is 6.13. The van der Waals surface area contributed by atoms with Crippen LogP contribution >= 0.6 is 11.8 Å². The van der Waals surface area contributed by atoms with Crippen LogP contribution in [-0.2, 0) is 11.0 Å². The van der Waals surface area contributed by atoms with Crippen molar-refractivity contribution >= 4 is 46.0 Å². The summed E-state index contributed by atoms with van der Waals surface area (Å²) in [6.07, 6.45) is -3.28. The molecule has 1 fully saturated rings. The molecule has 212 valence electrons. The van der Waals surface area contributed by atoms with Crippen molar-refractivity contribution in [3.63, 3.8) is 0 Å². The van der Waals surface area contributed by atoms with Crippen LogP contribution in [0.5, 0.6) is 17.2 Å². The molecule has 8 nitrogen and oxygen atoms in total. The molecule has 0 saturated carbocycles. The minimum atomic E-state index is -4.90. The number of non-ortho nitro benzene ring substituents is 1. The molecule has 0 N–H and O–H groups in total. The van der Waals surface area contributed by atoms with Crippen LogP contribution in [0.3, 0.4) is 0 Å². The Hall–Kier alpha value is -5.10. The van der Waals surface area contributed by atoms with Crippen LogP contribution in [0, 0.1) is 10.1 Å². The third-order valence-electron chi connectivity index (χ3n) is 5.99. The van der Waals surface area contributed by atoms with E-state index < -0.39 is 28.1 Å². The molecular formula is C30H20F3N3O5S. The van der Waals surface area contributed by atoms with Gasteiger partial charge >= 0.3 is 6.18 Å². The maximum Gasteiger partial charge on any atom is 0.420 e. The first-order valence-corrected chi connectivity index (χ1v) is 13.1. The van der Waals surface area contributed by atoms with Gasteiger partial charge in [0.25, 0.3) is 11.6 Å². The zero-order valence-corrected chi connectivity index (χ0v) is 22.6. The standard InChI is InChI=1S/C30H20F3N3O5S/c1-40-26-16-19(12-14-25(26)41-24-15-13-22(36(38)39)18-23(24)30(31,32)33)17-27-28(37)35(21-10-6-3-7-11-21)29(42-27)34-20-8-4-2-5-9-20/h2-18H,1H3/b27-17-,34-29?. The van der Waals surface area contributed by atoms with E-state index in [4.69, 9.17) is 9.47 Å². The number of rotatable bonds is 7. The fourth-order valence-electron chi connectivity index (χ4n) is 4.04. The molecule has 12 heteroatoms. The molecule has 0 radical (unpaired) electrons. The molecule has 1 heterocycles. The van der Waals surface area contributed by atoms with Gasteiger partial charge in [-0.2, -0.15) is 13.2 Å². The summed E-state index contributed by atoms with van der Waals surface area (Å²) in [5, 5.41) is 11.5. The number of amidine groups is 1. The second-order valence-electron chi connectivity index (χ2n) is 8.76. The van der Waals surface area contributed by atoms with Gasteiger partial charge in [0.2, 0.25) is 0 Å². The predicted octanol–water partition coefficient (Wildman–Crippen LogP) is 8.22. The van der Waals surface area contributed by atoms with Gasteiger partial charge in [0, 0.05) is 12.1 Å². The number of methoxy groups -OCH3 is 1. The highest BCUT2D eigenvalue weighted by atomic mass is 32.2. The minimum Gasteiger partial charge on any atom is -0.493 e. The Kier molecular flexibility index (Phi) is 7.98. The molecule has 1 aliphatic rings. The number of carbonyl (C=O) groups excluding carboxylic acids is 1. The van der Waals surface area contributed by atoms with Crippen LogP contribution in [0.4, 0.5) is 30.2 Å². The summed E-state index contributed by atoms with van der Waals surface area (Å²) in [6.45, 7) is 0. The number of aliphatic imine (C=N–C) groups is 1. The highest BCUT2D eigenvalue weighted by Gasteiger charge is 2.37. The number of anilines is 1. The maximum absolute atomic E-state index is 13.6. The number of nitrogens with zero attached hydrogens (tertiary/aromatic N) is 3. The van der Waals surface area contributed by atoms with E-state index in [2.05, 4.69) is 4.99 Å². The molecule has 1 amide bonds. The van der Waals surface area contributed by atoms with E-state index in [0.717, 1.165) is 12.1 Å². The van der Waals surface area contributed by atoms with Crippen molar-refractivity contribution in [1.29, 1.82) is 0 Å². The Balaban J connectivity index is 1.48. The predicted molar refractivity (Wildman–Crippen MR) is 154 cm³/mol. The molecule has 0 spiro atoms. The average Bonchev–Trinajstić information content (AvgIpc) is 3.27.